The molecule has 6 nitrogen and oxygen atoms in total. The van der Waals surface area contributed by atoms with Crippen LogP contribution >= 0.6 is 11.8 Å². The number of carbonyl (C=O) groups is 1. The number of carbonyl (C=O) groups excluding carboxylic acids is 1. The maximum atomic E-state index is 14.1. The van der Waals surface area contributed by atoms with Gasteiger partial charge in [-0.25, -0.2) is 22.0 Å². The summed E-state index contributed by atoms with van der Waals surface area (Å²) in [5, 5.41) is 20.7. The Morgan fingerprint density at radius 2 is 1.55 bits per heavy atom. The summed E-state index contributed by atoms with van der Waals surface area (Å²) >= 11 is 1.50. The van der Waals surface area contributed by atoms with Gasteiger partial charge in [0.15, 0.2) is 29.6 Å². The molecule has 3 N–H and O–H groups in total. The van der Waals surface area contributed by atoms with E-state index in [1.165, 1.54) is 30.0 Å². The number of aliphatic hydroxyl groups is 2. The highest BCUT2D eigenvalue weighted by Crippen LogP contribution is 2.42. The van der Waals surface area contributed by atoms with Crippen LogP contribution in [0.2, 0.25) is 0 Å². The Balaban J connectivity index is 1.60. The van der Waals surface area contributed by atoms with E-state index in [-0.39, 0.29) is 30.9 Å². The van der Waals surface area contributed by atoms with Crippen molar-refractivity contribution in [1.82, 2.24) is 0 Å². The van der Waals surface area contributed by atoms with Crippen molar-refractivity contribution in [3.8, 4) is 0 Å². The Kier molecular flexibility index (Phi) is 9.80. The second-order valence-electron chi connectivity index (χ2n) is 9.14. The minimum absolute atomic E-state index is 0.00251. The molecule has 1 amide bonds. The maximum Gasteiger partial charge on any atom is 0.261 e. The number of hydrogen-bond donors (Lipinski definition) is 3. The summed E-state index contributed by atoms with van der Waals surface area (Å²) in [4.78, 5) is 12.5. The van der Waals surface area contributed by atoms with Crippen LogP contribution in [0.5, 0.6) is 0 Å². The number of halogens is 5. The van der Waals surface area contributed by atoms with Gasteiger partial charge in [0.25, 0.3) is 5.91 Å². The van der Waals surface area contributed by atoms with Crippen LogP contribution in [0.3, 0.4) is 0 Å². The van der Waals surface area contributed by atoms with Crippen molar-refractivity contribution >= 4 is 23.4 Å². The van der Waals surface area contributed by atoms with Gasteiger partial charge in [-0.2, -0.15) is 11.8 Å². The van der Waals surface area contributed by atoms with Gasteiger partial charge in [0.05, 0.1) is 25.4 Å². The normalized spacial score (nSPS) is 20.9. The third kappa shape index (κ3) is 6.31. The van der Waals surface area contributed by atoms with Gasteiger partial charge in [-0.15, -0.1) is 0 Å². The molecule has 4 rings (SSSR count). The van der Waals surface area contributed by atoms with E-state index in [0.29, 0.717) is 17.1 Å². The lowest BCUT2D eigenvalue weighted by Crippen LogP contribution is -2.38. The fourth-order valence-corrected chi connectivity index (χ4v) is 5.24. The van der Waals surface area contributed by atoms with Crippen LogP contribution in [0.1, 0.15) is 46.4 Å². The first-order valence-corrected chi connectivity index (χ1v) is 13.4. The molecule has 0 spiro atoms. The zero-order chi connectivity index (χ0) is 29.0. The molecule has 0 aromatic heterocycles. The number of anilines is 1. The first kappa shape index (κ1) is 29.9. The van der Waals surface area contributed by atoms with Gasteiger partial charge < -0.3 is 25.0 Å². The Hall–Kier alpha value is -3.03. The van der Waals surface area contributed by atoms with Gasteiger partial charge in [-0.05, 0) is 23.3 Å². The fourth-order valence-electron chi connectivity index (χ4n) is 4.33. The zero-order valence-corrected chi connectivity index (χ0v) is 22.0. The second-order valence-corrected chi connectivity index (χ2v) is 10.3. The SMILES string of the molecule is C[C@@H]1[C@H](CSCCO)O[C@H](c2cccc(NC(=O)c3c(F)c(F)c(F)c(F)c3F)c2)O[C@@H]1c1ccc(CO)cc1. The van der Waals surface area contributed by atoms with Crippen LogP contribution in [-0.2, 0) is 16.1 Å². The van der Waals surface area contributed by atoms with E-state index in [4.69, 9.17) is 9.47 Å². The number of hydrogen-bond acceptors (Lipinski definition) is 6. The molecule has 1 aliphatic heterocycles. The monoisotopic (exact) mass is 583 g/mol. The second kappa shape index (κ2) is 13.1. The largest absolute Gasteiger partial charge is 0.396 e. The van der Waals surface area contributed by atoms with Crippen molar-refractivity contribution < 1.29 is 46.4 Å². The molecule has 3 aromatic rings. The lowest BCUT2D eigenvalue weighted by molar-refractivity contribution is -0.268. The molecule has 1 saturated heterocycles. The van der Waals surface area contributed by atoms with Gasteiger partial charge >= 0.3 is 0 Å². The molecule has 0 aliphatic carbocycles. The van der Waals surface area contributed by atoms with Crippen molar-refractivity contribution in [3.05, 3.63) is 99.9 Å². The van der Waals surface area contributed by atoms with Crippen LogP contribution < -0.4 is 5.32 Å². The molecule has 4 atom stereocenters. The summed E-state index contributed by atoms with van der Waals surface area (Å²) in [5.41, 5.74) is 0.398. The minimum atomic E-state index is -2.36. The van der Waals surface area contributed by atoms with Crippen LogP contribution in [0.15, 0.2) is 48.5 Å². The number of aliphatic hydroxyl groups excluding tert-OH is 2. The van der Waals surface area contributed by atoms with Crippen LogP contribution in [0.4, 0.5) is 27.6 Å². The van der Waals surface area contributed by atoms with Gasteiger partial charge in [-0.1, -0.05) is 43.3 Å². The number of amides is 1. The average Bonchev–Trinajstić information content (AvgIpc) is 2.96. The molecule has 214 valence electrons. The molecule has 0 unspecified atom stereocenters. The molecular weight excluding hydrogens is 557 g/mol. The minimum Gasteiger partial charge on any atom is -0.396 e. The van der Waals surface area contributed by atoms with E-state index in [9.17, 15) is 37.0 Å². The highest BCUT2D eigenvalue weighted by atomic mass is 32.2. The molecule has 1 fully saturated rings. The van der Waals surface area contributed by atoms with E-state index in [0.717, 1.165) is 11.1 Å². The van der Waals surface area contributed by atoms with Gasteiger partial charge in [0, 0.05) is 28.7 Å². The maximum absolute atomic E-state index is 14.1. The van der Waals surface area contributed by atoms with Gasteiger partial charge in [0.2, 0.25) is 5.82 Å². The molecule has 1 heterocycles. The van der Waals surface area contributed by atoms with Crippen LogP contribution in [0.25, 0.3) is 0 Å². The number of benzene rings is 3. The Morgan fingerprint density at radius 3 is 2.17 bits per heavy atom. The van der Waals surface area contributed by atoms with Crippen LogP contribution in [-0.4, -0.2) is 40.3 Å². The van der Waals surface area contributed by atoms with E-state index in [1.54, 1.807) is 18.2 Å². The summed E-state index contributed by atoms with van der Waals surface area (Å²) in [6, 6.07) is 13.2. The van der Waals surface area contributed by atoms with Crippen molar-refractivity contribution in [1.29, 1.82) is 0 Å². The van der Waals surface area contributed by atoms with E-state index < -0.39 is 53.0 Å². The molecule has 1 aliphatic rings. The molecule has 0 saturated carbocycles. The number of nitrogens with one attached hydrogen (secondary N) is 1. The van der Waals surface area contributed by atoms with Crippen molar-refractivity contribution in [2.45, 2.75) is 32.0 Å². The summed E-state index contributed by atoms with van der Waals surface area (Å²) in [6.07, 6.45) is -1.69. The quantitative estimate of drug-likeness (QED) is 0.131. The molecule has 3 aromatic carbocycles. The highest BCUT2D eigenvalue weighted by Gasteiger charge is 2.38. The van der Waals surface area contributed by atoms with E-state index in [1.807, 2.05) is 19.1 Å². The molecular formula is C28H26F5NO5S. The first-order chi connectivity index (χ1) is 19.2. The van der Waals surface area contributed by atoms with Crippen molar-refractivity contribution in [2.75, 3.05) is 23.4 Å². The lowest BCUT2D eigenvalue weighted by atomic mass is 9.91. The first-order valence-electron chi connectivity index (χ1n) is 12.3. The Morgan fingerprint density at radius 1 is 0.900 bits per heavy atom. The van der Waals surface area contributed by atoms with Gasteiger partial charge in [-0.3, -0.25) is 4.79 Å². The predicted molar refractivity (Wildman–Crippen MR) is 138 cm³/mol. The summed E-state index contributed by atoms with van der Waals surface area (Å²) < 4.78 is 81.4. The molecule has 0 radical (unpaired) electrons. The Bertz CT molecular complexity index is 1330. The number of ether oxygens (including phenoxy) is 2. The third-order valence-corrected chi connectivity index (χ3v) is 7.53. The Labute approximate surface area is 231 Å². The van der Waals surface area contributed by atoms with E-state index >= 15 is 0 Å². The van der Waals surface area contributed by atoms with Gasteiger partial charge in [0.1, 0.15) is 5.56 Å². The third-order valence-electron chi connectivity index (χ3n) is 6.49. The summed E-state index contributed by atoms with van der Waals surface area (Å²) in [7, 11) is 0. The van der Waals surface area contributed by atoms with E-state index in [2.05, 4.69) is 5.32 Å². The fraction of sp³-hybridized carbons (Fsp3) is 0.321. The molecule has 40 heavy (non-hydrogen) atoms. The molecule has 0 bridgehead atoms. The predicted octanol–water partition coefficient (Wildman–Crippen LogP) is 5.64. The average molecular weight is 584 g/mol. The van der Waals surface area contributed by atoms with Crippen LogP contribution in [0, 0.1) is 35.0 Å². The summed E-state index contributed by atoms with van der Waals surface area (Å²) in [5.74, 6) is -11.9. The standard InChI is InChI=1S/C28H26F5NO5S/c1-14-19(13-40-10-9-35)38-28(39-26(14)16-7-5-15(12-36)6-8-16)17-3-2-4-18(11-17)34-27(37)20-21(29)23(31)25(33)24(32)22(20)30/h2-8,11,14,19,26,28,35-36H,9-10,12-13H2,1H3,(H,34,37)/t14-,19+,26+,28+/m1/s1. The molecule has 12 heteroatoms. The highest BCUT2D eigenvalue weighted by molar-refractivity contribution is 7.99. The topological polar surface area (TPSA) is 88.0 Å². The van der Waals surface area contributed by atoms with Crippen molar-refractivity contribution in [3.63, 3.8) is 0 Å². The summed E-state index contributed by atoms with van der Waals surface area (Å²) in [6.45, 7) is 1.85. The van der Waals surface area contributed by atoms with Crippen molar-refractivity contribution in [2.24, 2.45) is 5.92 Å². The number of rotatable bonds is 9. The number of thioether (sulfide) groups is 1. The lowest BCUT2D eigenvalue weighted by Gasteiger charge is -2.41. The smallest absolute Gasteiger partial charge is 0.261 e. The zero-order valence-electron chi connectivity index (χ0n) is 21.2.